The lowest BCUT2D eigenvalue weighted by Gasteiger charge is -2.30. The minimum atomic E-state index is -0.998. The van der Waals surface area contributed by atoms with E-state index in [1.807, 2.05) is 4.90 Å². The van der Waals surface area contributed by atoms with E-state index in [4.69, 9.17) is 15.3 Å². The quantitative estimate of drug-likeness (QED) is 0.821. The zero-order valence-corrected chi connectivity index (χ0v) is 9.96. The van der Waals surface area contributed by atoms with Gasteiger partial charge in [-0.3, -0.25) is 9.69 Å². The fraction of sp³-hybridized carbons (Fsp3) is 0.500. The molecule has 1 fully saturated rings. The Morgan fingerprint density at radius 3 is 3.00 bits per heavy atom. The van der Waals surface area contributed by atoms with Crippen molar-refractivity contribution in [3.05, 3.63) is 23.7 Å². The van der Waals surface area contributed by atoms with Crippen LogP contribution >= 0.6 is 0 Å². The first-order valence-electron chi connectivity index (χ1n) is 5.89. The Kier molecular flexibility index (Phi) is 3.66. The smallest absolute Gasteiger partial charge is 0.339 e. The van der Waals surface area contributed by atoms with Crippen molar-refractivity contribution in [2.75, 3.05) is 13.1 Å². The molecule has 3 N–H and O–H groups in total. The average Bonchev–Trinajstić information content (AvgIpc) is 2.77. The van der Waals surface area contributed by atoms with E-state index in [1.165, 1.54) is 12.3 Å². The molecule has 1 aromatic rings. The summed E-state index contributed by atoms with van der Waals surface area (Å²) in [5.41, 5.74) is 5.47. The van der Waals surface area contributed by atoms with Crippen LogP contribution in [0.2, 0.25) is 0 Å². The van der Waals surface area contributed by atoms with E-state index in [1.54, 1.807) is 0 Å². The van der Waals surface area contributed by atoms with E-state index in [9.17, 15) is 9.59 Å². The molecular weight excluding hydrogens is 236 g/mol. The number of piperidine rings is 1. The zero-order valence-electron chi connectivity index (χ0n) is 9.96. The fourth-order valence-corrected chi connectivity index (χ4v) is 2.29. The van der Waals surface area contributed by atoms with Gasteiger partial charge in [0.15, 0.2) is 0 Å². The van der Waals surface area contributed by atoms with Crippen molar-refractivity contribution in [2.45, 2.75) is 19.4 Å². The number of amides is 1. The predicted octanol–water partition coefficient (Wildman–Crippen LogP) is 0.675. The van der Waals surface area contributed by atoms with Gasteiger partial charge < -0.3 is 15.3 Å². The fourth-order valence-electron chi connectivity index (χ4n) is 2.29. The van der Waals surface area contributed by atoms with E-state index in [0.717, 1.165) is 19.4 Å². The summed E-state index contributed by atoms with van der Waals surface area (Å²) in [7, 11) is 0. The lowest BCUT2D eigenvalue weighted by molar-refractivity contribution is -0.123. The number of carboxylic acid groups (broad SMARTS) is 1. The number of carboxylic acids is 1. The van der Waals surface area contributed by atoms with E-state index in [2.05, 4.69) is 0 Å². The minimum Gasteiger partial charge on any atom is -0.478 e. The first-order chi connectivity index (χ1) is 8.58. The Balaban J connectivity index is 2.02. The number of nitrogens with zero attached hydrogens (tertiary/aromatic N) is 1. The van der Waals surface area contributed by atoms with Crippen LogP contribution in [0.5, 0.6) is 0 Å². The Morgan fingerprint density at radius 2 is 2.33 bits per heavy atom. The summed E-state index contributed by atoms with van der Waals surface area (Å²) in [5.74, 6) is -1.02. The first kappa shape index (κ1) is 12.6. The van der Waals surface area contributed by atoms with E-state index >= 15 is 0 Å². The minimum absolute atomic E-state index is 0.151. The molecule has 1 aliphatic rings. The summed E-state index contributed by atoms with van der Waals surface area (Å²) in [4.78, 5) is 24.1. The highest BCUT2D eigenvalue weighted by molar-refractivity contribution is 5.88. The predicted molar refractivity (Wildman–Crippen MR) is 62.9 cm³/mol. The number of hydrogen-bond acceptors (Lipinski definition) is 4. The lowest BCUT2D eigenvalue weighted by Crippen LogP contribution is -2.40. The molecule has 1 amide bonds. The molecule has 1 aliphatic heterocycles. The van der Waals surface area contributed by atoms with Crippen molar-refractivity contribution in [3.8, 4) is 0 Å². The number of furan rings is 1. The van der Waals surface area contributed by atoms with Crippen LogP contribution in [-0.2, 0) is 11.3 Å². The Morgan fingerprint density at radius 1 is 1.56 bits per heavy atom. The summed E-state index contributed by atoms with van der Waals surface area (Å²) < 4.78 is 5.19. The van der Waals surface area contributed by atoms with Crippen molar-refractivity contribution in [1.82, 2.24) is 4.90 Å². The summed E-state index contributed by atoms with van der Waals surface area (Å²) >= 11 is 0. The van der Waals surface area contributed by atoms with Crippen LogP contribution in [0.15, 0.2) is 16.7 Å². The third-order valence-corrected chi connectivity index (χ3v) is 3.25. The van der Waals surface area contributed by atoms with Crippen molar-refractivity contribution >= 4 is 11.9 Å². The zero-order chi connectivity index (χ0) is 13.1. The Labute approximate surface area is 104 Å². The average molecular weight is 252 g/mol. The van der Waals surface area contributed by atoms with E-state index < -0.39 is 5.97 Å². The van der Waals surface area contributed by atoms with Crippen molar-refractivity contribution in [3.63, 3.8) is 0 Å². The molecule has 0 saturated carbocycles. The summed E-state index contributed by atoms with van der Waals surface area (Å²) in [6.07, 6.45) is 3.06. The van der Waals surface area contributed by atoms with Crippen molar-refractivity contribution in [2.24, 2.45) is 11.7 Å². The molecule has 98 valence electrons. The molecule has 0 spiro atoms. The van der Waals surface area contributed by atoms with Gasteiger partial charge in [-0.05, 0) is 25.5 Å². The molecule has 2 rings (SSSR count). The molecule has 6 nitrogen and oxygen atoms in total. The van der Waals surface area contributed by atoms with Gasteiger partial charge in [-0.2, -0.15) is 0 Å². The van der Waals surface area contributed by atoms with Crippen LogP contribution < -0.4 is 5.73 Å². The number of nitrogens with two attached hydrogens (primary N) is 1. The number of primary amides is 1. The summed E-state index contributed by atoms with van der Waals surface area (Å²) in [6.45, 7) is 1.79. The van der Waals surface area contributed by atoms with Gasteiger partial charge >= 0.3 is 5.97 Å². The van der Waals surface area contributed by atoms with Crippen molar-refractivity contribution < 1.29 is 19.1 Å². The van der Waals surface area contributed by atoms with Gasteiger partial charge in [0.1, 0.15) is 11.3 Å². The third-order valence-electron chi connectivity index (χ3n) is 3.25. The van der Waals surface area contributed by atoms with Crippen LogP contribution in [0, 0.1) is 5.92 Å². The second-order valence-electron chi connectivity index (χ2n) is 4.54. The molecule has 6 heteroatoms. The number of carbonyl (C=O) groups excluding carboxylic acids is 1. The SMILES string of the molecule is NC(=O)C1CCCN(Cc2occc2C(=O)O)C1. The maximum absolute atomic E-state index is 11.2. The molecule has 1 aromatic heterocycles. The normalized spacial score (nSPS) is 20.8. The van der Waals surface area contributed by atoms with Gasteiger partial charge in [-0.1, -0.05) is 0 Å². The van der Waals surface area contributed by atoms with Gasteiger partial charge in [-0.25, -0.2) is 4.79 Å². The summed E-state index contributed by atoms with van der Waals surface area (Å²) in [5, 5.41) is 8.97. The molecule has 1 saturated heterocycles. The van der Waals surface area contributed by atoms with E-state index in [-0.39, 0.29) is 17.4 Å². The number of hydrogen-bond donors (Lipinski definition) is 2. The van der Waals surface area contributed by atoms with Gasteiger partial charge in [-0.15, -0.1) is 0 Å². The van der Waals surface area contributed by atoms with Crippen LogP contribution in [0.3, 0.4) is 0 Å². The van der Waals surface area contributed by atoms with Crippen LogP contribution in [0.25, 0.3) is 0 Å². The Hall–Kier alpha value is -1.82. The number of aromatic carboxylic acids is 1. The lowest BCUT2D eigenvalue weighted by atomic mass is 9.97. The standard InChI is InChI=1S/C12H16N2O4/c13-11(15)8-2-1-4-14(6-8)7-10-9(12(16)17)3-5-18-10/h3,5,8H,1-2,4,6-7H2,(H2,13,15)(H,16,17). The van der Waals surface area contributed by atoms with Gasteiger partial charge in [0, 0.05) is 6.54 Å². The molecule has 1 atom stereocenters. The van der Waals surface area contributed by atoms with Gasteiger partial charge in [0.05, 0.1) is 18.7 Å². The van der Waals surface area contributed by atoms with Gasteiger partial charge in [0.25, 0.3) is 0 Å². The van der Waals surface area contributed by atoms with Crippen LogP contribution in [-0.4, -0.2) is 35.0 Å². The third kappa shape index (κ3) is 2.70. The number of likely N-dealkylation sites (tertiary alicyclic amines) is 1. The molecule has 0 aromatic carbocycles. The number of rotatable bonds is 4. The summed E-state index contributed by atoms with van der Waals surface area (Å²) in [6, 6.07) is 1.44. The molecule has 1 unspecified atom stereocenters. The van der Waals surface area contributed by atoms with Crippen LogP contribution in [0.1, 0.15) is 29.0 Å². The monoisotopic (exact) mass is 252 g/mol. The largest absolute Gasteiger partial charge is 0.478 e. The maximum atomic E-state index is 11.2. The van der Waals surface area contributed by atoms with E-state index in [0.29, 0.717) is 18.8 Å². The molecular formula is C12H16N2O4. The maximum Gasteiger partial charge on any atom is 0.339 e. The first-order valence-corrected chi connectivity index (χ1v) is 5.89. The van der Waals surface area contributed by atoms with Crippen LogP contribution in [0.4, 0.5) is 0 Å². The molecule has 2 heterocycles. The molecule has 0 radical (unpaired) electrons. The van der Waals surface area contributed by atoms with Gasteiger partial charge in [0.2, 0.25) is 5.91 Å². The second-order valence-corrected chi connectivity index (χ2v) is 4.54. The molecule has 0 bridgehead atoms. The highest BCUT2D eigenvalue weighted by Gasteiger charge is 2.25. The van der Waals surface area contributed by atoms with Crippen molar-refractivity contribution in [1.29, 1.82) is 0 Å². The number of carbonyl (C=O) groups is 2. The highest BCUT2D eigenvalue weighted by Crippen LogP contribution is 2.20. The molecule has 18 heavy (non-hydrogen) atoms. The molecule has 0 aliphatic carbocycles. The Bertz CT molecular complexity index is 455. The highest BCUT2D eigenvalue weighted by atomic mass is 16.4. The second kappa shape index (κ2) is 5.22. The topological polar surface area (TPSA) is 96.8 Å².